The molecule has 0 saturated carbocycles. The van der Waals surface area contributed by atoms with Gasteiger partial charge in [0.25, 0.3) is 0 Å². The number of carbonyl (C=O) groups is 1. The first-order chi connectivity index (χ1) is 11.4. The number of nitrogens with zero attached hydrogens (tertiary/aromatic N) is 3. The fourth-order valence-electron chi connectivity index (χ4n) is 2.33. The third-order valence-electron chi connectivity index (χ3n) is 3.61. The molecule has 0 unspecified atom stereocenters. The zero-order chi connectivity index (χ0) is 17.3. The Balaban J connectivity index is 1.72. The molecule has 0 aliphatic rings. The highest BCUT2D eigenvalue weighted by Crippen LogP contribution is 2.27. The van der Waals surface area contributed by atoms with Gasteiger partial charge < -0.3 is 9.30 Å². The van der Waals surface area contributed by atoms with Crippen molar-refractivity contribution in [2.45, 2.75) is 32.7 Å². The number of carbonyl (C=O) groups excluding carboxylic acids is 1. The summed E-state index contributed by atoms with van der Waals surface area (Å²) < 4.78 is 7.12. The SMILES string of the molecule is COc1ccc2c(ccn2CC(=O)Nc2nnc(C(C)(C)C)s2)c1. The van der Waals surface area contributed by atoms with E-state index in [-0.39, 0.29) is 17.9 Å². The molecule has 0 aliphatic heterocycles. The molecule has 0 saturated heterocycles. The minimum absolute atomic E-state index is 0.0731. The van der Waals surface area contributed by atoms with E-state index >= 15 is 0 Å². The average Bonchev–Trinajstić information content (AvgIpc) is 3.14. The van der Waals surface area contributed by atoms with E-state index < -0.39 is 0 Å². The first-order valence-corrected chi connectivity index (χ1v) is 8.45. The first-order valence-electron chi connectivity index (χ1n) is 7.63. The summed E-state index contributed by atoms with van der Waals surface area (Å²) in [6.07, 6.45) is 1.89. The second-order valence-electron chi connectivity index (χ2n) is 6.58. The fraction of sp³-hybridized carbons (Fsp3) is 0.353. The Bertz CT molecular complexity index is 876. The lowest BCUT2D eigenvalue weighted by Crippen LogP contribution is -2.18. The molecule has 1 N–H and O–H groups in total. The number of ether oxygens (including phenoxy) is 1. The largest absolute Gasteiger partial charge is 0.497 e. The second kappa shape index (κ2) is 6.24. The van der Waals surface area contributed by atoms with E-state index in [2.05, 4.69) is 36.3 Å². The van der Waals surface area contributed by atoms with Crippen LogP contribution >= 0.6 is 11.3 Å². The Labute approximate surface area is 144 Å². The molecule has 3 rings (SSSR count). The Morgan fingerprint density at radius 2 is 2.08 bits per heavy atom. The molecule has 2 heterocycles. The highest BCUT2D eigenvalue weighted by molar-refractivity contribution is 7.15. The highest BCUT2D eigenvalue weighted by Gasteiger charge is 2.20. The molecule has 24 heavy (non-hydrogen) atoms. The molecule has 126 valence electrons. The number of hydrogen-bond donors (Lipinski definition) is 1. The summed E-state index contributed by atoms with van der Waals surface area (Å²) in [4.78, 5) is 12.3. The zero-order valence-electron chi connectivity index (χ0n) is 14.2. The monoisotopic (exact) mass is 344 g/mol. The molecule has 0 spiro atoms. The van der Waals surface area contributed by atoms with Gasteiger partial charge in [-0.2, -0.15) is 0 Å². The quantitative estimate of drug-likeness (QED) is 0.787. The lowest BCUT2D eigenvalue weighted by Gasteiger charge is -2.12. The van der Waals surface area contributed by atoms with Crippen molar-refractivity contribution in [2.75, 3.05) is 12.4 Å². The number of aromatic nitrogens is 3. The van der Waals surface area contributed by atoms with Crippen LogP contribution in [-0.4, -0.2) is 27.8 Å². The predicted molar refractivity (Wildman–Crippen MR) is 95.7 cm³/mol. The maximum absolute atomic E-state index is 12.3. The normalized spacial score (nSPS) is 11.7. The van der Waals surface area contributed by atoms with Crippen molar-refractivity contribution in [1.29, 1.82) is 0 Å². The lowest BCUT2D eigenvalue weighted by molar-refractivity contribution is -0.116. The van der Waals surface area contributed by atoms with Crippen LogP contribution in [0.15, 0.2) is 30.5 Å². The van der Waals surface area contributed by atoms with E-state index in [1.54, 1.807) is 7.11 Å². The molecule has 2 aromatic heterocycles. The Kier molecular flexibility index (Phi) is 4.28. The van der Waals surface area contributed by atoms with Crippen molar-refractivity contribution in [3.8, 4) is 5.75 Å². The summed E-state index contributed by atoms with van der Waals surface area (Å²) in [5.74, 6) is 0.674. The van der Waals surface area contributed by atoms with Crippen molar-refractivity contribution < 1.29 is 9.53 Å². The standard InChI is InChI=1S/C17H20N4O2S/c1-17(2,3)15-19-20-16(24-15)18-14(22)10-21-8-7-11-9-12(23-4)5-6-13(11)21/h5-9H,10H2,1-4H3,(H,18,20,22). The summed E-state index contributed by atoms with van der Waals surface area (Å²) in [5.41, 5.74) is 0.912. The van der Waals surface area contributed by atoms with Crippen LogP contribution in [0.25, 0.3) is 10.9 Å². The average molecular weight is 344 g/mol. The van der Waals surface area contributed by atoms with E-state index in [1.807, 2.05) is 35.0 Å². The van der Waals surface area contributed by atoms with Gasteiger partial charge in [0.1, 0.15) is 17.3 Å². The van der Waals surface area contributed by atoms with Gasteiger partial charge in [-0.3, -0.25) is 10.1 Å². The zero-order valence-corrected chi connectivity index (χ0v) is 15.0. The number of hydrogen-bond acceptors (Lipinski definition) is 5. The van der Waals surface area contributed by atoms with Crippen molar-refractivity contribution in [1.82, 2.24) is 14.8 Å². The van der Waals surface area contributed by atoms with Crippen molar-refractivity contribution in [2.24, 2.45) is 0 Å². The van der Waals surface area contributed by atoms with E-state index in [9.17, 15) is 4.79 Å². The Morgan fingerprint density at radius 3 is 2.75 bits per heavy atom. The molecule has 6 nitrogen and oxygen atoms in total. The van der Waals surface area contributed by atoms with Gasteiger partial charge in [-0.1, -0.05) is 32.1 Å². The third-order valence-corrected chi connectivity index (χ3v) is 4.87. The molecule has 0 radical (unpaired) electrons. The number of amides is 1. The second-order valence-corrected chi connectivity index (χ2v) is 7.56. The summed E-state index contributed by atoms with van der Waals surface area (Å²) in [6.45, 7) is 6.43. The van der Waals surface area contributed by atoms with E-state index in [0.29, 0.717) is 5.13 Å². The van der Waals surface area contributed by atoms with Crippen molar-refractivity contribution in [3.05, 3.63) is 35.5 Å². The molecular weight excluding hydrogens is 324 g/mol. The van der Waals surface area contributed by atoms with Gasteiger partial charge in [0.05, 0.1) is 7.11 Å². The summed E-state index contributed by atoms with van der Waals surface area (Å²) >= 11 is 1.41. The topological polar surface area (TPSA) is 69.0 Å². The number of fused-ring (bicyclic) bond motifs is 1. The van der Waals surface area contributed by atoms with Crippen LogP contribution in [0.4, 0.5) is 5.13 Å². The molecule has 0 bridgehead atoms. The van der Waals surface area contributed by atoms with Gasteiger partial charge in [-0.05, 0) is 24.3 Å². The maximum atomic E-state index is 12.3. The summed E-state index contributed by atoms with van der Waals surface area (Å²) in [5, 5.41) is 13.5. The number of nitrogens with one attached hydrogen (secondary N) is 1. The van der Waals surface area contributed by atoms with Crippen LogP contribution in [0.5, 0.6) is 5.75 Å². The van der Waals surface area contributed by atoms with Gasteiger partial charge in [-0.25, -0.2) is 0 Å². The fourth-order valence-corrected chi connectivity index (χ4v) is 3.15. The first kappa shape index (κ1) is 16.4. The van der Waals surface area contributed by atoms with Crippen molar-refractivity contribution >= 4 is 33.3 Å². The molecule has 1 aromatic carbocycles. The molecule has 0 fully saturated rings. The van der Waals surface area contributed by atoms with Crippen LogP contribution in [0.3, 0.4) is 0 Å². The maximum Gasteiger partial charge on any atom is 0.246 e. The van der Waals surface area contributed by atoms with E-state index in [4.69, 9.17) is 4.74 Å². The van der Waals surface area contributed by atoms with Crippen molar-refractivity contribution in [3.63, 3.8) is 0 Å². The van der Waals surface area contributed by atoms with Crippen LogP contribution < -0.4 is 10.1 Å². The number of benzene rings is 1. The molecule has 1 amide bonds. The Morgan fingerprint density at radius 1 is 1.29 bits per heavy atom. The highest BCUT2D eigenvalue weighted by atomic mass is 32.1. The molecular formula is C17H20N4O2S. The van der Waals surface area contributed by atoms with Gasteiger partial charge >= 0.3 is 0 Å². The predicted octanol–water partition coefficient (Wildman–Crippen LogP) is 3.44. The van der Waals surface area contributed by atoms with E-state index in [1.165, 1.54) is 11.3 Å². The van der Waals surface area contributed by atoms with Gasteiger partial charge in [-0.15, -0.1) is 10.2 Å². The number of anilines is 1. The number of rotatable bonds is 4. The summed E-state index contributed by atoms with van der Waals surface area (Å²) in [7, 11) is 1.64. The van der Waals surface area contributed by atoms with Crippen LogP contribution in [0.1, 0.15) is 25.8 Å². The van der Waals surface area contributed by atoms with Crippen LogP contribution in [-0.2, 0) is 16.8 Å². The van der Waals surface area contributed by atoms with Crippen LogP contribution in [0.2, 0.25) is 0 Å². The van der Waals surface area contributed by atoms with Gasteiger partial charge in [0.15, 0.2) is 0 Å². The smallest absolute Gasteiger partial charge is 0.246 e. The molecule has 0 aliphatic carbocycles. The third kappa shape index (κ3) is 3.41. The van der Waals surface area contributed by atoms with Crippen LogP contribution in [0, 0.1) is 0 Å². The van der Waals surface area contributed by atoms with Gasteiger partial charge in [0.2, 0.25) is 11.0 Å². The van der Waals surface area contributed by atoms with Gasteiger partial charge in [0, 0.05) is 22.5 Å². The molecule has 3 aromatic rings. The van der Waals surface area contributed by atoms with E-state index in [0.717, 1.165) is 21.7 Å². The lowest BCUT2D eigenvalue weighted by atomic mass is 9.98. The minimum atomic E-state index is -0.125. The summed E-state index contributed by atoms with van der Waals surface area (Å²) in [6, 6.07) is 7.75. The molecule has 0 atom stereocenters. The minimum Gasteiger partial charge on any atom is -0.497 e. The number of methoxy groups -OCH3 is 1. The molecule has 7 heteroatoms. The Hall–Kier alpha value is -2.41.